The molecule has 0 aliphatic heterocycles. The van der Waals surface area contributed by atoms with Gasteiger partial charge in [-0.2, -0.15) is 0 Å². The van der Waals surface area contributed by atoms with Gasteiger partial charge in [-0.25, -0.2) is 0 Å². The Morgan fingerprint density at radius 3 is 2.22 bits per heavy atom. The SMILES string of the molecule is CC(c1cc(Oc2c(Br)cc(CC(=O)O)cc2Br)ccc1O[Si](C)(C)C(C)(C)C)C1C=C1. The first kappa shape index (κ1) is 25.1. The molecule has 0 amide bonds. The lowest BCUT2D eigenvalue weighted by molar-refractivity contribution is -0.136. The van der Waals surface area contributed by atoms with Crippen LogP contribution in [0.1, 0.15) is 44.7 Å². The largest absolute Gasteiger partial charge is 0.543 e. The maximum absolute atomic E-state index is 11.0. The van der Waals surface area contributed by atoms with Crippen LogP contribution in [0.4, 0.5) is 0 Å². The molecule has 172 valence electrons. The summed E-state index contributed by atoms with van der Waals surface area (Å²) >= 11 is 7.05. The molecule has 32 heavy (non-hydrogen) atoms. The van der Waals surface area contributed by atoms with Gasteiger partial charge in [-0.3, -0.25) is 4.79 Å². The van der Waals surface area contributed by atoms with Gasteiger partial charge in [0.25, 0.3) is 0 Å². The van der Waals surface area contributed by atoms with Crippen molar-refractivity contribution in [2.24, 2.45) is 5.92 Å². The maximum atomic E-state index is 11.0. The predicted octanol–water partition coefficient (Wildman–Crippen LogP) is 8.30. The van der Waals surface area contributed by atoms with Crippen LogP contribution in [-0.2, 0) is 11.2 Å². The average molecular weight is 582 g/mol. The maximum Gasteiger partial charge on any atom is 0.307 e. The number of allylic oxidation sites excluding steroid dienone is 2. The number of hydrogen-bond donors (Lipinski definition) is 1. The minimum atomic E-state index is -1.99. The molecule has 0 fully saturated rings. The summed E-state index contributed by atoms with van der Waals surface area (Å²) < 4.78 is 14.3. The molecule has 1 N–H and O–H groups in total. The number of ether oxygens (including phenoxy) is 1. The third kappa shape index (κ3) is 5.86. The van der Waals surface area contributed by atoms with Crippen molar-refractivity contribution in [3.8, 4) is 17.2 Å². The zero-order valence-corrected chi connectivity index (χ0v) is 23.5. The van der Waals surface area contributed by atoms with Crippen LogP contribution >= 0.6 is 31.9 Å². The third-order valence-electron chi connectivity index (χ3n) is 6.27. The number of aliphatic carboxylic acids is 1. The quantitative estimate of drug-likeness (QED) is 0.251. The minimum Gasteiger partial charge on any atom is -0.543 e. The second kappa shape index (κ2) is 9.35. The van der Waals surface area contributed by atoms with Gasteiger partial charge in [0, 0.05) is 11.5 Å². The van der Waals surface area contributed by atoms with Crippen molar-refractivity contribution >= 4 is 46.1 Å². The van der Waals surface area contributed by atoms with Crippen molar-refractivity contribution in [2.45, 2.75) is 58.2 Å². The molecule has 1 unspecified atom stereocenters. The molecule has 0 bridgehead atoms. The lowest BCUT2D eigenvalue weighted by Crippen LogP contribution is -2.44. The summed E-state index contributed by atoms with van der Waals surface area (Å²) in [6, 6.07) is 9.58. The first-order valence-electron chi connectivity index (χ1n) is 10.7. The fourth-order valence-corrected chi connectivity index (χ4v) is 5.66. The van der Waals surface area contributed by atoms with Crippen LogP contribution in [0, 0.1) is 5.92 Å². The molecule has 1 aliphatic rings. The van der Waals surface area contributed by atoms with E-state index in [0.717, 1.165) is 11.3 Å². The van der Waals surface area contributed by atoms with Crippen LogP contribution < -0.4 is 9.16 Å². The summed E-state index contributed by atoms with van der Waals surface area (Å²) in [6.45, 7) is 13.5. The summed E-state index contributed by atoms with van der Waals surface area (Å²) in [4.78, 5) is 11.0. The number of benzene rings is 2. The Balaban J connectivity index is 1.94. The monoisotopic (exact) mass is 580 g/mol. The van der Waals surface area contributed by atoms with E-state index in [-0.39, 0.29) is 11.5 Å². The van der Waals surface area contributed by atoms with Crippen molar-refractivity contribution in [2.75, 3.05) is 0 Å². The van der Waals surface area contributed by atoms with Gasteiger partial charge in [0.05, 0.1) is 15.4 Å². The molecular weight excluding hydrogens is 552 g/mol. The molecule has 4 nitrogen and oxygen atoms in total. The van der Waals surface area contributed by atoms with E-state index in [0.29, 0.717) is 37.8 Å². The molecule has 0 saturated carbocycles. The van der Waals surface area contributed by atoms with Crippen LogP contribution in [0.5, 0.6) is 17.2 Å². The molecule has 0 saturated heterocycles. The molecule has 0 heterocycles. The number of carboxylic acid groups (broad SMARTS) is 1. The molecule has 1 atom stereocenters. The predicted molar refractivity (Wildman–Crippen MR) is 139 cm³/mol. The standard InChI is InChI=1S/C25H30Br2O4Si/c1-15(17-7-8-17)19-14-18(9-10-22(19)31-32(5,6)25(2,3)4)30-24-20(26)11-16(12-21(24)27)13-23(28)29/h7-12,14-15,17H,13H2,1-6H3,(H,28,29). The molecule has 0 spiro atoms. The van der Waals surface area contributed by atoms with E-state index in [2.05, 4.69) is 90.9 Å². The Morgan fingerprint density at radius 2 is 1.72 bits per heavy atom. The topological polar surface area (TPSA) is 55.8 Å². The Kier molecular flexibility index (Phi) is 7.32. The number of carbonyl (C=O) groups is 1. The smallest absolute Gasteiger partial charge is 0.307 e. The van der Waals surface area contributed by atoms with E-state index < -0.39 is 14.3 Å². The fraction of sp³-hybridized carbons (Fsp3) is 0.400. The van der Waals surface area contributed by atoms with E-state index in [4.69, 9.17) is 14.3 Å². The van der Waals surface area contributed by atoms with E-state index in [1.54, 1.807) is 12.1 Å². The van der Waals surface area contributed by atoms with E-state index in [1.165, 1.54) is 0 Å². The van der Waals surface area contributed by atoms with Gasteiger partial charge in [0.1, 0.15) is 11.5 Å². The van der Waals surface area contributed by atoms with Crippen molar-refractivity contribution in [1.29, 1.82) is 0 Å². The van der Waals surface area contributed by atoms with E-state index in [9.17, 15) is 4.79 Å². The zero-order valence-electron chi connectivity index (χ0n) is 19.3. The molecule has 7 heteroatoms. The van der Waals surface area contributed by atoms with Gasteiger partial charge in [0.15, 0.2) is 5.75 Å². The third-order valence-corrected chi connectivity index (χ3v) is 11.8. The second-order valence-electron chi connectivity index (χ2n) is 9.87. The van der Waals surface area contributed by atoms with Gasteiger partial charge in [-0.05, 0) is 91.8 Å². The first-order chi connectivity index (χ1) is 14.8. The lowest BCUT2D eigenvalue weighted by Gasteiger charge is -2.37. The van der Waals surface area contributed by atoms with Crippen LogP contribution in [-0.4, -0.2) is 19.4 Å². The molecule has 3 rings (SSSR count). The molecule has 2 aromatic rings. The van der Waals surface area contributed by atoms with Crippen LogP contribution in [0.25, 0.3) is 0 Å². The van der Waals surface area contributed by atoms with Gasteiger partial charge in [0.2, 0.25) is 8.32 Å². The zero-order chi connectivity index (χ0) is 23.8. The normalized spacial score (nSPS) is 14.9. The van der Waals surface area contributed by atoms with Crippen molar-refractivity contribution in [1.82, 2.24) is 0 Å². The Labute approximate surface area is 208 Å². The highest BCUT2D eigenvalue weighted by Gasteiger charge is 2.40. The molecule has 0 aromatic heterocycles. The van der Waals surface area contributed by atoms with E-state index >= 15 is 0 Å². The highest BCUT2D eigenvalue weighted by Crippen LogP contribution is 2.45. The van der Waals surface area contributed by atoms with Gasteiger partial charge in [-0.1, -0.05) is 39.8 Å². The highest BCUT2D eigenvalue weighted by molar-refractivity contribution is 9.11. The van der Waals surface area contributed by atoms with Crippen molar-refractivity contribution in [3.05, 3.63) is 62.6 Å². The second-order valence-corrected chi connectivity index (χ2v) is 16.3. The number of hydrogen-bond acceptors (Lipinski definition) is 3. The van der Waals surface area contributed by atoms with Crippen LogP contribution in [0.2, 0.25) is 18.1 Å². The van der Waals surface area contributed by atoms with Crippen molar-refractivity contribution < 1.29 is 19.1 Å². The van der Waals surface area contributed by atoms with Gasteiger partial charge < -0.3 is 14.3 Å². The average Bonchev–Trinajstić information content (AvgIpc) is 3.48. The Hall–Kier alpha value is -1.57. The van der Waals surface area contributed by atoms with Gasteiger partial charge in [-0.15, -0.1) is 0 Å². The summed E-state index contributed by atoms with van der Waals surface area (Å²) in [5, 5.41) is 9.17. The van der Waals surface area contributed by atoms with E-state index in [1.807, 2.05) is 12.1 Å². The van der Waals surface area contributed by atoms with Gasteiger partial charge >= 0.3 is 5.97 Å². The highest BCUT2D eigenvalue weighted by atomic mass is 79.9. The van der Waals surface area contributed by atoms with Crippen LogP contribution in [0.15, 0.2) is 51.4 Å². The Morgan fingerprint density at radius 1 is 1.12 bits per heavy atom. The van der Waals surface area contributed by atoms with Crippen LogP contribution in [0.3, 0.4) is 0 Å². The number of rotatable bonds is 8. The van der Waals surface area contributed by atoms with Crippen molar-refractivity contribution in [3.63, 3.8) is 0 Å². The summed E-state index contributed by atoms with van der Waals surface area (Å²) in [6.07, 6.45) is 4.37. The molecule has 0 radical (unpaired) electrons. The number of halogens is 2. The Bertz CT molecular complexity index is 1030. The minimum absolute atomic E-state index is 0.0486. The summed E-state index contributed by atoms with van der Waals surface area (Å²) in [5.41, 5.74) is 1.83. The number of carboxylic acids is 1. The summed E-state index contributed by atoms with van der Waals surface area (Å²) in [7, 11) is -1.99. The lowest BCUT2D eigenvalue weighted by atomic mass is 9.94. The molecule has 2 aromatic carbocycles. The molecule has 1 aliphatic carbocycles. The summed E-state index contributed by atoms with van der Waals surface area (Å²) in [5.74, 6) is 2.12. The fourth-order valence-electron chi connectivity index (χ4n) is 3.18. The molecular formula is C25H30Br2O4Si. The first-order valence-corrected chi connectivity index (χ1v) is 15.2.